The molecule has 12 aromatic rings. The molecule has 0 unspecified atom stereocenters. The van der Waals surface area contributed by atoms with Gasteiger partial charge in [-0.3, -0.25) is 0 Å². The first-order valence-corrected chi connectivity index (χ1v) is 20.8. The maximum atomic E-state index is 6.80. The molecule has 0 N–H and O–H groups in total. The zero-order valence-corrected chi connectivity index (χ0v) is 33.2. The second-order valence-corrected chi connectivity index (χ2v) is 15.7. The minimum atomic E-state index is 0.866. The molecule has 0 spiro atoms. The predicted octanol–water partition coefficient (Wildman–Crippen LogP) is 16.3. The lowest BCUT2D eigenvalue weighted by atomic mass is 9.99. The van der Waals surface area contributed by atoms with Gasteiger partial charge in [-0.25, -0.2) is 0 Å². The fourth-order valence-corrected chi connectivity index (χ4v) is 9.25. The summed E-state index contributed by atoms with van der Waals surface area (Å²) in [7, 11) is 0. The van der Waals surface area contributed by atoms with E-state index in [9.17, 15) is 0 Å². The van der Waals surface area contributed by atoms with Crippen molar-refractivity contribution < 1.29 is 4.42 Å². The van der Waals surface area contributed by atoms with Crippen LogP contribution in [0.5, 0.6) is 0 Å². The first-order chi connectivity index (χ1) is 30.2. The smallest absolute Gasteiger partial charge is 0.160 e. The number of fused-ring (bicyclic) bond motifs is 8. The van der Waals surface area contributed by atoms with E-state index in [0.717, 1.165) is 66.8 Å². The Morgan fingerprint density at radius 1 is 0.344 bits per heavy atom. The monoisotopic (exact) mass is 778 g/mol. The van der Waals surface area contributed by atoms with Crippen molar-refractivity contribution in [3.05, 3.63) is 231 Å². The summed E-state index contributed by atoms with van der Waals surface area (Å²) >= 11 is 0. The molecule has 3 heteroatoms. The highest BCUT2D eigenvalue weighted by Gasteiger charge is 2.22. The zero-order valence-electron chi connectivity index (χ0n) is 33.2. The lowest BCUT2D eigenvalue weighted by Gasteiger charge is -2.26. The summed E-state index contributed by atoms with van der Waals surface area (Å²) < 4.78 is 9.16. The third-order valence-electron chi connectivity index (χ3n) is 12.2. The molecule has 0 amide bonds. The van der Waals surface area contributed by atoms with E-state index in [1.54, 1.807) is 0 Å². The van der Waals surface area contributed by atoms with Crippen LogP contribution in [0.25, 0.3) is 93.6 Å². The Hall–Kier alpha value is -8.14. The van der Waals surface area contributed by atoms with Gasteiger partial charge >= 0.3 is 0 Å². The van der Waals surface area contributed by atoms with Crippen molar-refractivity contribution in [2.45, 2.75) is 0 Å². The quantitative estimate of drug-likeness (QED) is 0.161. The van der Waals surface area contributed by atoms with Crippen molar-refractivity contribution >= 4 is 71.6 Å². The first-order valence-electron chi connectivity index (χ1n) is 20.8. The fraction of sp³-hybridized carbons (Fsp3) is 0. The number of hydrogen-bond acceptors (Lipinski definition) is 2. The Balaban J connectivity index is 0.952. The van der Waals surface area contributed by atoms with Crippen molar-refractivity contribution in [3.63, 3.8) is 0 Å². The van der Waals surface area contributed by atoms with E-state index in [-0.39, 0.29) is 0 Å². The summed E-state index contributed by atoms with van der Waals surface area (Å²) in [5, 5.41) is 7.12. The Morgan fingerprint density at radius 3 is 1.34 bits per heavy atom. The zero-order chi connectivity index (χ0) is 40.3. The molecule has 2 aromatic heterocycles. The first kappa shape index (κ1) is 34.9. The van der Waals surface area contributed by atoms with Crippen molar-refractivity contribution in [2.24, 2.45) is 0 Å². The van der Waals surface area contributed by atoms with Crippen LogP contribution in [0.15, 0.2) is 235 Å². The van der Waals surface area contributed by atoms with Crippen LogP contribution in [-0.4, -0.2) is 4.57 Å². The molecule has 0 bridgehead atoms. The topological polar surface area (TPSA) is 21.3 Å². The van der Waals surface area contributed by atoms with E-state index in [4.69, 9.17) is 4.42 Å². The molecule has 0 aliphatic carbocycles. The van der Waals surface area contributed by atoms with E-state index >= 15 is 0 Å². The number of nitrogens with zero attached hydrogens (tertiary/aromatic N) is 2. The number of anilines is 3. The molecule has 10 aromatic carbocycles. The van der Waals surface area contributed by atoms with Gasteiger partial charge in [0.2, 0.25) is 0 Å². The van der Waals surface area contributed by atoms with E-state index < -0.39 is 0 Å². The van der Waals surface area contributed by atoms with Gasteiger partial charge < -0.3 is 13.9 Å². The molecule has 0 saturated carbocycles. The van der Waals surface area contributed by atoms with Crippen LogP contribution in [0, 0.1) is 0 Å². The summed E-state index contributed by atoms with van der Waals surface area (Å²) in [6.45, 7) is 0. The van der Waals surface area contributed by atoms with E-state index in [2.05, 4.69) is 234 Å². The normalized spacial score (nSPS) is 11.6. The van der Waals surface area contributed by atoms with Crippen LogP contribution >= 0.6 is 0 Å². The Bertz CT molecular complexity index is 3490. The lowest BCUT2D eigenvalue weighted by molar-refractivity contribution is 0.669. The Morgan fingerprint density at radius 2 is 0.770 bits per heavy atom. The number of para-hydroxylation sites is 3. The minimum Gasteiger partial charge on any atom is -0.454 e. The number of hydrogen-bond donors (Lipinski definition) is 0. The van der Waals surface area contributed by atoms with Gasteiger partial charge in [-0.1, -0.05) is 170 Å². The van der Waals surface area contributed by atoms with Gasteiger partial charge in [0.25, 0.3) is 0 Å². The van der Waals surface area contributed by atoms with E-state index in [1.807, 2.05) is 6.07 Å². The number of benzene rings is 10. The van der Waals surface area contributed by atoms with E-state index in [1.165, 1.54) is 43.9 Å². The largest absolute Gasteiger partial charge is 0.454 e. The molecule has 0 radical (unpaired) electrons. The minimum absolute atomic E-state index is 0.866. The fourth-order valence-electron chi connectivity index (χ4n) is 9.25. The molecule has 61 heavy (non-hydrogen) atoms. The summed E-state index contributed by atoms with van der Waals surface area (Å²) in [5.41, 5.74) is 15.5. The average molecular weight is 779 g/mol. The summed E-state index contributed by atoms with van der Waals surface area (Å²) in [5.74, 6) is 0. The van der Waals surface area contributed by atoms with E-state index in [0.29, 0.717) is 0 Å². The van der Waals surface area contributed by atoms with Crippen molar-refractivity contribution in [1.29, 1.82) is 0 Å². The number of furan rings is 1. The highest BCUT2D eigenvalue weighted by Crippen LogP contribution is 2.46. The van der Waals surface area contributed by atoms with Crippen molar-refractivity contribution in [2.75, 3.05) is 4.90 Å². The average Bonchev–Trinajstić information content (AvgIpc) is 3.90. The van der Waals surface area contributed by atoms with Gasteiger partial charge in [-0.05, 0) is 105 Å². The second kappa shape index (κ2) is 14.3. The van der Waals surface area contributed by atoms with Crippen LogP contribution in [0.4, 0.5) is 17.1 Å². The van der Waals surface area contributed by atoms with Crippen molar-refractivity contribution in [1.82, 2.24) is 4.57 Å². The maximum absolute atomic E-state index is 6.80. The Kier molecular flexibility index (Phi) is 8.17. The molecule has 12 rings (SSSR count). The third-order valence-corrected chi connectivity index (χ3v) is 12.2. The Labute approximate surface area is 353 Å². The van der Waals surface area contributed by atoms with Crippen LogP contribution in [0.3, 0.4) is 0 Å². The van der Waals surface area contributed by atoms with Crippen LogP contribution in [0.2, 0.25) is 0 Å². The summed E-state index contributed by atoms with van der Waals surface area (Å²) in [4.78, 5) is 2.34. The molecular weight excluding hydrogens is 741 g/mol. The van der Waals surface area contributed by atoms with Crippen molar-refractivity contribution in [3.8, 4) is 39.1 Å². The van der Waals surface area contributed by atoms with Crippen LogP contribution in [0.1, 0.15) is 0 Å². The summed E-state index contributed by atoms with van der Waals surface area (Å²) in [6, 6.07) is 82.7. The second-order valence-electron chi connectivity index (χ2n) is 15.7. The highest BCUT2D eigenvalue weighted by molar-refractivity contribution is 6.23. The van der Waals surface area contributed by atoms with Gasteiger partial charge in [-0.15, -0.1) is 0 Å². The molecule has 2 heterocycles. The van der Waals surface area contributed by atoms with Gasteiger partial charge in [-0.2, -0.15) is 0 Å². The number of aromatic nitrogens is 1. The highest BCUT2D eigenvalue weighted by atomic mass is 16.3. The van der Waals surface area contributed by atoms with Gasteiger partial charge in [0.1, 0.15) is 5.58 Å². The molecule has 0 saturated heterocycles. The standard InChI is InChI=1S/C58H38N2O/c1-2-12-39(13-3-1)40-22-24-41(25-23-40)42-26-32-46(33-27-42)59(55-38-45-14-4-5-15-49(45)57-52-18-8-11-21-56(52)61-58(55)57)47-34-28-43(29-35-47)44-30-36-48(37-31-44)60-53-19-9-6-16-50(53)51-17-7-10-20-54(51)60/h1-38H. The summed E-state index contributed by atoms with van der Waals surface area (Å²) in [6.07, 6.45) is 0. The van der Waals surface area contributed by atoms with Gasteiger partial charge in [0.05, 0.1) is 16.7 Å². The van der Waals surface area contributed by atoms with Crippen LogP contribution in [-0.2, 0) is 0 Å². The molecule has 0 atom stereocenters. The molecule has 3 nitrogen and oxygen atoms in total. The maximum Gasteiger partial charge on any atom is 0.160 e. The predicted molar refractivity (Wildman–Crippen MR) is 257 cm³/mol. The number of rotatable bonds is 7. The third kappa shape index (κ3) is 5.90. The van der Waals surface area contributed by atoms with Gasteiger partial charge in [0, 0.05) is 38.6 Å². The SMILES string of the molecule is c1ccc(-c2ccc(-c3ccc(N(c4ccc(-c5ccc(-n6c7ccccc7c7ccccc76)cc5)cc4)c4cc5ccccc5c5c4oc4ccccc45)cc3)cc2)cc1. The molecule has 0 aliphatic rings. The van der Waals surface area contributed by atoms with Crippen LogP contribution < -0.4 is 4.90 Å². The molecule has 0 fully saturated rings. The molecular formula is C58H38N2O. The van der Waals surface area contributed by atoms with Gasteiger partial charge in [0.15, 0.2) is 5.58 Å². The molecule has 286 valence electrons. The lowest BCUT2D eigenvalue weighted by Crippen LogP contribution is -2.10. The molecule has 0 aliphatic heterocycles.